The molecule has 0 spiro atoms. The van der Waals surface area contributed by atoms with Crippen molar-refractivity contribution in [2.24, 2.45) is 0 Å². The number of likely N-dealkylation sites (tertiary alicyclic amines) is 1. The van der Waals surface area contributed by atoms with E-state index in [0.29, 0.717) is 0 Å². The Balaban J connectivity index is 2.14. The highest BCUT2D eigenvalue weighted by Crippen LogP contribution is 2.18. The lowest BCUT2D eigenvalue weighted by atomic mass is 10.1. The van der Waals surface area contributed by atoms with Gasteiger partial charge in [-0.15, -0.1) is 0 Å². The molecule has 1 rings (SSSR count). The van der Waals surface area contributed by atoms with Gasteiger partial charge in [0.1, 0.15) is 0 Å². The Bertz CT molecular complexity index is 166. The van der Waals surface area contributed by atoms with Crippen LogP contribution < -0.4 is 5.32 Å². The van der Waals surface area contributed by atoms with E-state index in [4.69, 9.17) is 0 Å². The molecule has 1 N–H and O–H groups in total. The van der Waals surface area contributed by atoms with Crippen LogP contribution in [-0.2, 0) is 0 Å². The normalized spacial score (nSPS) is 19.8. The average molecular weight is 211 g/mol. The van der Waals surface area contributed by atoms with Gasteiger partial charge >= 0.3 is 0 Å². The summed E-state index contributed by atoms with van der Waals surface area (Å²) in [6, 6.07) is 1.56. The largest absolute Gasteiger partial charge is 0.312 e. The van der Waals surface area contributed by atoms with Gasteiger partial charge in [0.25, 0.3) is 0 Å². The predicted molar refractivity (Wildman–Crippen MR) is 66.7 cm³/mol. The lowest BCUT2D eigenvalue weighted by Gasteiger charge is -2.32. The molecule has 2 heteroatoms. The van der Waals surface area contributed by atoms with E-state index < -0.39 is 0 Å². The van der Waals surface area contributed by atoms with Crippen molar-refractivity contribution >= 4 is 0 Å². The first kappa shape index (κ1) is 13.0. The van der Waals surface area contributed by atoms with Gasteiger partial charge in [-0.1, -0.05) is 6.42 Å². The van der Waals surface area contributed by atoms with Crippen LogP contribution >= 0.6 is 0 Å². The van der Waals surface area contributed by atoms with Crippen LogP contribution in [0.15, 0.2) is 0 Å². The summed E-state index contributed by atoms with van der Waals surface area (Å²) in [5.74, 6) is 0. The predicted octanol–water partition coefficient (Wildman–Crippen LogP) is 2.80. The summed E-state index contributed by atoms with van der Waals surface area (Å²) >= 11 is 0. The monoisotopic (exact) mass is 211 g/mol. The number of hydrogen-bond acceptors (Lipinski definition) is 2. The SMILES string of the molecule is C[C](CCNC(C)(C)C)N1CCCCC1. The van der Waals surface area contributed by atoms with Crippen LogP contribution in [0.25, 0.3) is 0 Å². The van der Waals surface area contributed by atoms with Gasteiger partial charge in [-0.3, -0.25) is 4.90 Å². The molecule has 0 amide bonds. The fourth-order valence-electron chi connectivity index (χ4n) is 2.05. The standard InChI is InChI=1S/C13H27N2/c1-12(8-9-14-13(2,3)4)15-10-6-5-7-11-15/h14H,5-11H2,1-4H3. The van der Waals surface area contributed by atoms with E-state index in [1.54, 1.807) is 6.04 Å². The van der Waals surface area contributed by atoms with Gasteiger partial charge in [-0.05, 0) is 66.6 Å². The Labute approximate surface area is 95.4 Å². The molecule has 0 aromatic carbocycles. The molecule has 1 aliphatic rings. The van der Waals surface area contributed by atoms with Gasteiger partial charge in [0.05, 0.1) is 0 Å². The molecule has 2 nitrogen and oxygen atoms in total. The summed E-state index contributed by atoms with van der Waals surface area (Å²) in [7, 11) is 0. The van der Waals surface area contributed by atoms with Crippen molar-refractivity contribution in [3.8, 4) is 0 Å². The Kier molecular flexibility index (Phi) is 5.07. The van der Waals surface area contributed by atoms with Gasteiger partial charge in [0, 0.05) is 11.6 Å². The zero-order valence-corrected chi connectivity index (χ0v) is 10.9. The first-order valence-corrected chi connectivity index (χ1v) is 6.31. The summed E-state index contributed by atoms with van der Waals surface area (Å²) in [4.78, 5) is 2.56. The Morgan fingerprint density at radius 2 is 1.73 bits per heavy atom. The molecular weight excluding hydrogens is 184 g/mol. The quantitative estimate of drug-likeness (QED) is 0.769. The summed E-state index contributed by atoms with van der Waals surface area (Å²) in [5, 5.41) is 3.54. The van der Waals surface area contributed by atoms with Crippen LogP contribution in [0.3, 0.4) is 0 Å². The molecule has 89 valence electrons. The number of nitrogens with zero attached hydrogens (tertiary/aromatic N) is 1. The first-order chi connectivity index (χ1) is 6.99. The third-order valence-electron chi connectivity index (χ3n) is 3.04. The zero-order chi connectivity index (χ0) is 11.3. The Morgan fingerprint density at radius 3 is 2.27 bits per heavy atom. The topological polar surface area (TPSA) is 15.3 Å². The minimum absolute atomic E-state index is 0.252. The van der Waals surface area contributed by atoms with Gasteiger partial charge in [-0.25, -0.2) is 0 Å². The van der Waals surface area contributed by atoms with Crippen molar-refractivity contribution in [3.05, 3.63) is 6.04 Å². The van der Waals surface area contributed by atoms with Crippen LogP contribution in [0.4, 0.5) is 0 Å². The van der Waals surface area contributed by atoms with Crippen molar-refractivity contribution in [1.29, 1.82) is 0 Å². The molecular formula is C13H27N2. The summed E-state index contributed by atoms with van der Waals surface area (Å²) in [6.45, 7) is 12.6. The molecule has 0 atom stereocenters. The molecule has 0 bridgehead atoms. The van der Waals surface area contributed by atoms with Gasteiger partial charge < -0.3 is 5.32 Å². The summed E-state index contributed by atoms with van der Waals surface area (Å²) in [6.07, 6.45) is 5.37. The maximum atomic E-state index is 3.54. The van der Waals surface area contributed by atoms with Crippen molar-refractivity contribution in [2.45, 2.75) is 58.9 Å². The third-order valence-corrected chi connectivity index (χ3v) is 3.04. The average Bonchev–Trinajstić information content (AvgIpc) is 2.17. The molecule has 1 radical (unpaired) electrons. The second-order valence-corrected chi connectivity index (χ2v) is 5.71. The van der Waals surface area contributed by atoms with Crippen LogP contribution in [0, 0.1) is 6.04 Å². The minimum Gasteiger partial charge on any atom is -0.312 e. The molecule has 15 heavy (non-hydrogen) atoms. The molecule has 1 fully saturated rings. The second-order valence-electron chi connectivity index (χ2n) is 5.71. The minimum atomic E-state index is 0.252. The Hall–Kier alpha value is -0.0800. The van der Waals surface area contributed by atoms with E-state index >= 15 is 0 Å². The van der Waals surface area contributed by atoms with Crippen molar-refractivity contribution in [1.82, 2.24) is 10.2 Å². The van der Waals surface area contributed by atoms with Crippen LogP contribution in [0.2, 0.25) is 0 Å². The second kappa shape index (κ2) is 5.86. The molecule has 1 heterocycles. The molecule has 0 aromatic heterocycles. The lowest BCUT2D eigenvalue weighted by Crippen LogP contribution is -2.39. The van der Waals surface area contributed by atoms with Crippen molar-refractivity contribution in [2.75, 3.05) is 19.6 Å². The zero-order valence-electron chi connectivity index (χ0n) is 10.9. The van der Waals surface area contributed by atoms with E-state index in [9.17, 15) is 0 Å². The smallest absolute Gasteiger partial charge is 0.0374 e. The summed E-state index contributed by atoms with van der Waals surface area (Å²) < 4.78 is 0. The number of nitrogens with one attached hydrogen (secondary N) is 1. The van der Waals surface area contributed by atoms with E-state index in [-0.39, 0.29) is 5.54 Å². The summed E-state index contributed by atoms with van der Waals surface area (Å²) in [5.41, 5.74) is 0.252. The van der Waals surface area contributed by atoms with Crippen molar-refractivity contribution < 1.29 is 0 Å². The van der Waals surface area contributed by atoms with Gasteiger partial charge in [-0.2, -0.15) is 0 Å². The molecule has 0 aliphatic carbocycles. The number of hydrogen-bond donors (Lipinski definition) is 1. The fraction of sp³-hybridized carbons (Fsp3) is 0.923. The van der Waals surface area contributed by atoms with E-state index in [1.165, 1.54) is 38.8 Å². The molecule has 0 saturated carbocycles. The highest BCUT2D eigenvalue weighted by Gasteiger charge is 2.17. The van der Waals surface area contributed by atoms with E-state index in [0.717, 1.165) is 6.54 Å². The lowest BCUT2D eigenvalue weighted by molar-refractivity contribution is 0.228. The third kappa shape index (κ3) is 5.53. The molecule has 0 aromatic rings. The van der Waals surface area contributed by atoms with Crippen LogP contribution in [0.5, 0.6) is 0 Å². The fourth-order valence-corrected chi connectivity index (χ4v) is 2.05. The Morgan fingerprint density at radius 1 is 1.13 bits per heavy atom. The maximum Gasteiger partial charge on any atom is 0.0374 e. The van der Waals surface area contributed by atoms with E-state index in [2.05, 4.69) is 37.9 Å². The highest BCUT2D eigenvalue weighted by molar-refractivity contribution is 4.87. The number of piperidine rings is 1. The highest BCUT2D eigenvalue weighted by atomic mass is 15.2. The first-order valence-electron chi connectivity index (χ1n) is 6.31. The molecule has 0 unspecified atom stereocenters. The maximum absolute atomic E-state index is 3.54. The van der Waals surface area contributed by atoms with Crippen LogP contribution in [-0.4, -0.2) is 30.1 Å². The van der Waals surface area contributed by atoms with Gasteiger partial charge in [0.15, 0.2) is 0 Å². The van der Waals surface area contributed by atoms with Crippen LogP contribution in [0.1, 0.15) is 53.4 Å². The van der Waals surface area contributed by atoms with Crippen molar-refractivity contribution in [3.63, 3.8) is 0 Å². The molecule has 1 saturated heterocycles. The van der Waals surface area contributed by atoms with E-state index in [1.807, 2.05) is 0 Å². The molecule has 1 aliphatic heterocycles. The number of rotatable bonds is 4. The van der Waals surface area contributed by atoms with Gasteiger partial charge in [0.2, 0.25) is 0 Å².